The fourth-order valence-electron chi connectivity index (χ4n) is 1.45. The first-order valence-electron chi connectivity index (χ1n) is 7.04. The molecule has 0 fully saturated rings. The molecule has 0 aliphatic carbocycles. The molecule has 0 aliphatic rings. The molecule has 0 radical (unpaired) electrons. The number of carbonyl (C=O) groups excluding carboxylic acids is 2. The van der Waals surface area contributed by atoms with E-state index in [-0.39, 0.29) is 6.04 Å². The molecule has 0 bridgehead atoms. The Morgan fingerprint density at radius 2 is 2.18 bits per heavy atom. The number of nitrogens with one attached hydrogen (secondary N) is 2. The zero-order chi connectivity index (χ0) is 16.4. The summed E-state index contributed by atoms with van der Waals surface area (Å²) in [5, 5.41) is 6.31. The molecule has 0 heterocycles. The summed E-state index contributed by atoms with van der Waals surface area (Å²) in [7, 11) is 0. The highest BCUT2D eigenvalue weighted by Gasteiger charge is 2.14. The average Bonchev–Trinajstić information content (AvgIpc) is 2.53. The minimum absolute atomic E-state index is 0.0547. The summed E-state index contributed by atoms with van der Waals surface area (Å²) in [6.45, 7) is 7.73. The van der Waals surface area contributed by atoms with Crippen LogP contribution in [0.4, 0.5) is 0 Å². The largest absolute Gasteiger partial charge is 0.490 e. The maximum absolute atomic E-state index is 11.5. The summed E-state index contributed by atoms with van der Waals surface area (Å²) in [6.07, 6.45) is 3.84. The maximum atomic E-state index is 11.5. The van der Waals surface area contributed by atoms with Crippen molar-refractivity contribution < 1.29 is 14.3 Å². The molecule has 0 unspecified atom stereocenters. The Morgan fingerprint density at radius 3 is 2.86 bits per heavy atom. The van der Waals surface area contributed by atoms with E-state index in [1.54, 1.807) is 30.3 Å². The van der Waals surface area contributed by atoms with E-state index in [2.05, 4.69) is 22.4 Å². The Morgan fingerprint density at radius 1 is 1.41 bits per heavy atom. The molecule has 22 heavy (non-hydrogen) atoms. The van der Waals surface area contributed by atoms with Crippen LogP contribution in [0.2, 0.25) is 0 Å². The van der Waals surface area contributed by atoms with Crippen molar-refractivity contribution in [3.63, 3.8) is 0 Å². The Bertz CT molecular complexity index is 555. The minimum Gasteiger partial charge on any atom is -0.490 e. The van der Waals surface area contributed by atoms with Crippen LogP contribution >= 0.6 is 0 Å². The van der Waals surface area contributed by atoms with Crippen LogP contribution in [0.15, 0.2) is 42.0 Å². The van der Waals surface area contributed by atoms with E-state index in [1.165, 1.54) is 6.21 Å². The maximum Gasteiger partial charge on any atom is 0.329 e. The van der Waals surface area contributed by atoms with Gasteiger partial charge in [0, 0.05) is 6.04 Å². The summed E-state index contributed by atoms with van der Waals surface area (Å²) >= 11 is 0. The lowest BCUT2D eigenvalue weighted by Gasteiger charge is -2.09. The van der Waals surface area contributed by atoms with E-state index in [0.717, 1.165) is 12.0 Å². The molecule has 1 rings (SSSR count). The highest BCUT2D eigenvalue weighted by Crippen LogP contribution is 2.11. The lowest BCUT2D eigenvalue weighted by molar-refractivity contribution is -0.139. The molecule has 0 saturated carbocycles. The Balaban J connectivity index is 2.53. The van der Waals surface area contributed by atoms with E-state index >= 15 is 0 Å². The lowest BCUT2D eigenvalue weighted by atomic mass is 10.2. The topological polar surface area (TPSA) is 79.8 Å². The fraction of sp³-hybridized carbons (Fsp3) is 0.312. The predicted octanol–water partition coefficient (Wildman–Crippen LogP) is 1.62. The summed E-state index contributed by atoms with van der Waals surface area (Å²) in [6, 6.07) is 7.12. The Labute approximate surface area is 130 Å². The van der Waals surface area contributed by atoms with Gasteiger partial charge in [-0.15, -0.1) is 0 Å². The molecule has 1 atom stereocenters. The first-order valence-corrected chi connectivity index (χ1v) is 7.04. The van der Waals surface area contributed by atoms with Crippen molar-refractivity contribution >= 4 is 18.0 Å². The van der Waals surface area contributed by atoms with Gasteiger partial charge in [0.15, 0.2) is 0 Å². The monoisotopic (exact) mass is 303 g/mol. The lowest BCUT2D eigenvalue weighted by Crippen LogP contribution is -2.41. The van der Waals surface area contributed by atoms with Gasteiger partial charge in [-0.1, -0.05) is 31.7 Å². The van der Waals surface area contributed by atoms with Crippen LogP contribution in [0.3, 0.4) is 0 Å². The van der Waals surface area contributed by atoms with Gasteiger partial charge in [-0.25, -0.2) is 5.43 Å². The van der Waals surface area contributed by atoms with Crippen LogP contribution in [-0.4, -0.2) is 30.7 Å². The third kappa shape index (κ3) is 6.21. The number of hydrogen-bond acceptors (Lipinski definition) is 4. The van der Waals surface area contributed by atoms with E-state index in [4.69, 9.17) is 4.74 Å². The summed E-state index contributed by atoms with van der Waals surface area (Å²) in [4.78, 5) is 23.0. The first-order chi connectivity index (χ1) is 10.6. The molecule has 0 saturated heterocycles. The van der Waals surface area contributed by atoms with Gasteiger partial charge in [-0.3, -0.25) is 9.59 Å². The van der Waals surface area contributed by atoms with Gasteiger partial charge >= 0.3 is 11.8 Å². The summed E-state index contributed by atoms with van der Waals surface area (Å²) in [5.74, 6) is -0.824. The zero-order valence-electron chi connectivity index (χ0n) is 12.8. The van der Waals surface area contributed by atoms with E-state index in [9.17, 15) is 9.59 Å². The number of nitrogens with zero attached hydrogens (tertiary/aromatic N) is 1. The molecule has 0 aliphatic heterocycles. The number of hydrazone groups is 1. The predicted molar refractivity (Wildman–Crippen MR) is 85.8 cm³/mol. The minimum atomic E-state index is -0.796. The molecular formula is C16H21N3O3. The number of rotatable bonds is 7. The van der Waals surface area contributed by atoms with E-state index in [0.29, 0.717) is 12.4 Å². The highest BCUT2D eigenvalue weighted by atomic mass is 16.5. The SMILES string of the molecule is C=CCOc1cccc(/C=N\NC(=O)C(=O)N[C@H](C)CC)c1. The van der Waals surface area contributed by atoms with E-state index in [1.807, 2.05) is 13.8 Å². The molecule has 6 nitrogen and oxygen atoms in total. The Kier molecular flexibility index (Phi) is 7.39. The Hall–Kier alpha value is -2.63. The van der Waals surface area contributed by atoms with Crippen LogP contribution in [-0.2, 0) is 9.59 Å². The van der Waals surface area contributed by atoms with Crippen molar-refractivity contribution in [3.05, 3.63) is 42.5 Å². The van der Waals surface area contributed by atoms with Gasteiger partial charge in [0.1, 0.15) is 12.4 Å². The van der Waals surface area contributed by atoms with Crippen molar-refractivity contribution in [2.75, 3.05) is 6.61 Å². The third-order valence-electron chi connectivity index (χ3n) is 2.80. The van der Waals surface area contributed by atoms with Crippen LogP contribution in [0.5, 0.6) is 5.75 Å². The molecule has 6 heteroatoms. The molecule has 1 aromatic rings. The molecule has 0 spiro atoms. The smallest absolute Gasteiger partial charge is 0.329 e. The van der Waals surface area contributed by atoms with Gasteiger partial charge < -0.3 is 10.1 Å². The standard InChI is InChI=1S/C16H21N3O3/c1-4-9-22-14-8-6-7-13(10-14)11-17-19-16(21)15(20)18-12(3)5-2/h4,6-8,10-12H,1,5,9H2,2-3H3,(H,18,20)(H,19,21)/b17-11-/t12-/m1/s1. The van der Waals surface area contributed by atoms with Gasteiger partial charge in [0.2, 0.25) is 0 Å². The normalized spacial score (nSPS) is 11.7. The fourth-order valence-corrected chi connectivity index (χ4v) is 1.45. The van der Waals surface area contributed by atoms with Gasteiger partial charge in [-0.05, 0) is 31.0 Å². The second-order valence-electron chi connectivity index (χ2n) is 4.65. The number of benzene rings is 1. The van der Waals surface area contributed by atoms with Crippen LogP contribution in [0.25, 0.3) is 0 Å². The van der Waals surface area contributed by atoms with Crippen LogP contribution in [0.1, 0.15) is 25.8 Å². The summed E-state index contributed by atoms with van der Waals surface area (Å²) < 4.78 is 5.39. The van der Waals surface area contributed by atoms with E-state index < -0.39 is 11.8 Å². The molecule has 118 valence electrons. The third-order valence-corrected chi connectivity index (χ3v) is 2.80. The molecule has 0 aromatic heterocycles. The molecule has 1 aromatic carbocycles. The number of hydrogen-bond donors (Lipinski definition) is 2. The van der Waals surface area contributed by atoms with Crippen LogP contribution < -0.4 is 15.5 Å². The summed E-state index contributed by atoms with van der Waals surface area (Å²) in [5.41, 5.74) is 2.92. The number of amides is 2. The second-order valence-corrected chi connectivity index (χ2v) is 4.65. The zero-order valence-corrected chi connectivity index (χ0v) is 12.8. The number of ether oxygens (including phenoxy) is 1. The molecule has 2 N–H and O–H groups in total. The highest BCUT2D eigenvalue weighted by molar-refractivity contribution is 6.35. The van der Waals surface area contributed by atoms with Crippen molar-refractivity contribution in [2.24, 2.45) is 5.10 Å². The van der Waals surface area contributed by atoms with Crippen LogP contribution in [0, 0.1) is 0 Å². The molecule has 2 amide bonds. The average molecular weight is 303 g/mol. The van der Waals surface area contributed by atoms with Gasteiger partial charge in [0.25, 0.3) is 0 Å². The second kappa shape index (κ2) is 9.33. The van der Waals surface area contributed by atoms with Crippen molar-refractivity contribution in [1.82, 2.24) is 10.7 Å². The number of carbonyl (C=O) groups is 2. The van der Waals surface area contributed by atoms with Crippen molar-refractivity contribution in [1.29, 1.82) is 0 Å². The first kappa shape index (κ1) is 17.4. The van der Waals surface area contributed by atoms with Crippen molar-refractivity contribution in [3.8, 4) is 5.75 Å². The van der Waals surface area contributed by atoms with Gasteiger partial charge in [0.05, 0.1) is 6.21 Å². The molecular weight excluding hydrogens is 282 g/mol. The van der Waals surface area contributed by atoms with Gasteiger partial charge in [-0.2, -0.15) is 5.10 Å². The quantitative estimate of drug-likeness (QED) is 0.348. The van der Waals surface area contributed by atoms with Crippen molar-refractivity contribution in [2.45, 2.75) is 26.3 Å².